The molecule has 0 spiro atoms. The van der Waals surface area contributed by atoms with Gasteiger partial charge in [0.15, 0.2) is 9.84 Å². The van der Waals surface area contributed by atoms with Crippen molar-refractivity contribution in [2.24, 2.45) is 0 Å². The van der Waals surface area contributed by atoms with Gasteiger partial charge in [-0.05, 0) is 36.8 Å². The first kappa shape index (κ1) is 15.0. The van der Waals surface area contributed by atoms with Crippen LogP contribution in [0.5, 0.6) is 0 Å². The lowest BCUT2D eigenvalue weighted by Gasteiger charge is -2.15. The molecular weight excluding hydrogens is 286 g/mol. The van der Waals surface area contributed by atoms with Crippen LogP contribution in [0.4, 0.5) is 5.82 Å². The SMILES string of the molecule is CC(Nc1ccc(C#N)cn1)c1ccc(S(C)(=O)=O)cc1. The minimum atomic E-state index is -3.18. The van der Waals surface area contributed by atoms with E-state index in [1.54, 1.807) is 36.4 Å². The van der Waals surface area contributed by atoms with E-state index in [1.807, 2.05) is 13.0 Å². The lowest BCUT2D eigenvalue weighted by atomic mass is 10.1. The number of hydrogen-bond donors (Lipinski definition) is 1. The summed E-state index contributed by atoms with van der Waals surface area (Å²) in [6, 6.07) is 12.1. The Balaban J connectivity index is 2.13. The number of nitriles is 1. The molecule has 1 heterocycles. The Labute approximate surface area is 124 Å². The van der Waals surface area contributed by atoms with Crippen LogP contribution in [0.1, 0.15) is 24.1 Å². The van der Waals surface area contributed by atoms with Gasteiger partial charge in [-0.15, -0.1) is 0 Å². The molecule has 21 heavy (non-hydrogen) atoms. The Kier molecular flexibility index (Phi) is 4.24. The summed E-state index contributed by atoms with van der Waals surface area (Å²) in [7, 11) is -3.18. The number of sulfone groups is 1. The number of hydrogen-bond acceptors (Lipinski definition) is 5. The first-order chi connectivity index (χ1) is 9.90. The Bertz CT molecular complexity index is 760. The highest BCUT2D eigenvalue weighted by molar-refractivity contribution is 7.90. The normalized spacial score (nSPS) is 12.4. The molecule has 0 radical (unpaired) electrons. The molecule has 1 unspecified atom stereocenters. The van der Waals surface area contributed by atoms with E-state index in [2.05, 4.69) is 10.3 Å². The van der Waals surface area contributed by atoms with Crippen molar-refractivity contribution in [1.82, 2.24) is 4.98 Å². The minimum Gasteiger partial charge on any atom is -0.364 e. The van der Waals surface area contributed by atoms with Gasteiger partial charge >= 0.3 is 0 Å². The summed E-state index contributed by atoms with van der Waals surface area (Å²) >= 11 is 0. The lowest BCUT2D eigenvalue weighted by Crippen LogP contribution is -2.08. The monoisotopic (exact) mass is 301 g/mol. The number of pyridine rings is 1. The Morgan fingerprint density at radius 1 is 1.19 bits per heavy atom. The Hall–Kier alpha value is -2.39. The molecule has 0 aliphatic heterocycles. The van der Waals surface area contributed by atoms with Gasteiger partial charge in [0.25, 0.3) is 0 Å². The van der Waals surface area contributed by atoms with Crippen molar-refractivity contribution in [3.63, 3.8) is 0 Å². The van der Waals surface area contributed by atoms with Gasteiger partial charge < -0.3 is 5.32 Å². The second-order valence-corrected chi connectivity index (χ2v) is 6.77. The summed E-state index contributed by atoms with van der Waals surface area (Å²) in [5.74, 6) is 0.661. The maximum atomic E-state index is 11.4. The van der Waals surface area contributed by atoms with Crippen LogP contribution in [0.3, 0.4) is 0 Å². The molecule has 0 fully saturated rings. The smallest absolute Gasteiger partial charge is 0.175 e. The quantitative estimate of drug-likeness (QED) is 0.938. The van der Waals surface area contributed by atoms with Gasteiger partial charge in [0.1, 0.15) is 11.9 Å². The summed E-state index contributed by atoms with van der Waals surface area (Å²) in [4.78, 5) is 4.44. The number of benzene rings is 1. The van der Waals surface area contributed by atoms with Crippen molar-refractivity contribution in [2.45, 2.75) is 17.9 Å². The van der Waals surface area contributed by atoms with Gasteiger partial charge in [-0.2, -0.15) is 5.26 Å². The molecule has 1 aromatic carbocycles. The van der Waals surface area contributed by atoms with Gasteiger partial charge in [0.2, 0.25) is 0 Å². The number of rotatable bonds is 4. The predicted octanol–water partition coefficient (Wildman–Crippen LogP) is 2.53. The largest absolute Gasteiger partial charge is 0.364 e. The molecule has 1 aromatic heterocycles. The molecule has 6 heteroatoms. The molecule has 0 saturated heterocycles. The van der Waals surface area contributed by atoms with Crippen molar-refractivity contribution in [3.05, 3.63) is 53.7 Å². The highest BCUT2D eigenvalue weighted by Crippen LogP contribution is 2.19. The van der Waals surface area contributed by atoms with Gasteiger partial charge in [0.05, 0.1) is 10.5 Å². The van der Waals surface area contributed by atoms with Crippen LogP contribution in [0, 0.1) is 11.3 Å². The van der Waals surface area contributed by atoms with Crippen molar-refractivity contribution >= 4 is 15.7 Å². The lowest BCUT2D eigenvalue weighted by molar-refractivity contribution is 0.602. The summed E-state index contributed by atoms with van der Waals surface area (Å²) in [5.41, 5.74) is 1.46. The van der Waals surface area contributed by atoms with Gasteiger partial charge in [-0.1, -0.05) is 12.1 Å². The maximum Gasteiger partial charge on any atom is 0.175 e. The topological polar surface area (TPSA) is 82.8 Å². The molecular formula is C15H15N3O2S. The fraction of sp³-hybridized carbons (Fsp3) is 0.200. The van der Waals surface area contributed by atoms with Crippen molar-refractivity contribution in [3.8, 4) is 6.07 Å². The van der Waals surface area contributed by atoms with Crippen molar-refractivity contribution < 1.29 is 8.42 Å². The minimum absolute atomic E-state index is 0.0287. The summed E-state index contributed by atoms with van der Waals surface area (Å²) in [6.07, 6.45) is 2.69. The van der Waals surface area contributed by atoms with E-state index < -0.39 is 9.84 Å². The molecule has 1 N–H and O–H groups in total. The summed E-state index contributed by atoms with van der Waals surface area (Å²) < 4.78 is 22.8. The zero-order valence-corrected chi connectivity index (χ0v) is 12.6. The van der Waals surface area contributed by atoms with Gasteiger partial charge in [-0.25, -0.2) is 13.4 Å². The first-order valence-electron chi connectivity index (χ1n) is 6.33. The highest BCUT2D eigenvalue weighted by atomic mass is 32.2. The number of aromatic nitrogens is 1. The third-order valence-electron chi connectivity index (χ3n) is 3.07. The maximum absolute atomic E-state index is 11.4. The van der Waals surface area contributed by atoms with Crippen LogP contribution in [0.2, 0.25) is 0 Å². The van der Waals surface area contributed by atoms with Crippen LogP contribution in [-0.4, -0.2) is 19.7 Å². The predicted molar refractivity (Wildman–Crippen MR) is 80.5 cm³/mol. The van der Waals surface area contributed by atoms with E-state index in [4.69, 9.17) is 5.26 Å². The van der Waals surface area contributed by atoms with Crippen LogP contribution in [0.15, 0.2) is 47.5 Å². The summed E-state index contributed by atoms with van der Waals surface area (Å²) in [5, 5.41) is 11.9. The standard InChI is InChI=1S/C15H15N3O2S/c1-11(18-15-8-3-12(9-16)10-17-15)13-4-6-14(7-5-13)21(2,19)20/h3-8,10-11H,1-2H3,(H,17,18). The Morgan fingerprint density at radius 2 is 1.86 bits per heavy atom. The van der Waals surface area contributed by atoms with E-state index in [9.17, 15) is 8.42 Å². The average Bonchev–Trinajstić information content (AvgIpc) is 2.47. The van der Waals surface area contributed by atoms with Crippen LogP contribution >= 0.6 is 0 Å². The third kappa shape index (κ3) is 3.80. The van der Waals surface area contributed by atoms with E-state index in [-0.39, 0.29) is 6.04 Å². The van der Waals surface area contributed by atoms with Gasteiger partial charge in [-0.3, -0.25) is 0 Å². The van der Waals surface area contributed by atoms with E-state index >= 15 is 0 Å². The molecule has 0 amide bonds. The second-order valence-electron chi connectivity index (χ2n) is 4.75. The molecule has 1 atom stereocenters. The number of nitrogens with one attached hydrogen (secondary N) is 1. The van der Waals surface area contributed by atoms with E-state index in [1.165, 1.54) is 12.5 Å². The fourth-order valence-corrected chi connectivity index (χ4v) is 2.48. The number of anilines is 1. The highest BCUT2D eigenvalue weighted by Gasteiger charge is 2.10. The molecule has 5 nitrogen and oxygen atoms in total. The van der Waals surface area contributed by atoms with Crippen LogP contribution in [-0.2, 0) is 9.84 Å². The first-order valence-corrected chi connectivity index (χ1v) is 8.22. The number of nitrogens with zero attached hydrogens (tertiary/aromatic N) is 2. The third-order valence-corrected chi connectivity index (χ3v) is 4.19. The molecule has 0 aliphatic carbocycles. The average molecular weight is 301 g/mol. The van der Waals surface area contributed by atoms with E-state index in [0.29, 0.717) is 16.3 Å². The fourth-order valence-electron chi connectivity index (χ4n) is 1.85. The summed E-state index contributed by atoms with van der Waals surface area (Å²) in [6.45, 7) is 1.95. The Morgan fingerprint density at radius 3 is 2.33 bits per heavy atom. The van der Waals surface area contributed by atoms with Crippen molar-refractivity contribution in [2.75, 3.05) is 11.6 Å². The van der Waals surface area contributed by atoms with Crippen LogP contribution in [0.25, 0.3) is 0 Å². The zero-order valence-electron chi connectivity index (χ0n) is 11.7. The zero-order chi connectivity index (χ0) is 15.5. The van der Waals surface area contributed by atoms with Crippen molar-refractivity contribution in [1.29, 1.82) is 5.26 Å². The molecule has 2 rings (SSSR count). The molecule has 108 valence electrons. The van der Waals surface area contributed by atoms with Gasteiger partial charge in [0, 0.05) is 18.5 Å². The molecule has 0 saturated carbocycles. The van der Waals surface area contributed by atoms with E-state index in [0.717, 1.165) is 5.56 Å². The molecule has 0 aliphatic rings. The molecule has 2 aromatic rings. The van der Waals surface area contributed by atoms with Crippen LogP contribution < -0.4 is 5.32 Å². The molecule has 0 bridgehead atoms. The second kappa shape index (κ2) is 5.94.